The van der Waals surface area contributed by atoms with Crippen molar-refractivity contribution >= 4 is 5.78 Å². The van der Waals surface area contributed by atoms with E-state index in [9.17, 15) is 10.0 Å². The van der Waals surface area contributed by atoms with Crippen LogP contribution in [0.2, 0.25) is 0 Å². The predicted molar refractivity (Wildman–Crippen MR) is 63.6 cm³/mol. The Balaban J connectivity index is 2.48. The fourth-order valence-corrected chi connectivity index (χ4v) is 1.31. The molecule has 0 saturated carbocycles. The van der Waals surface area contributed by atoms with Crippen molar-refractivity contribution < 1.29 is 10.0 Å². The molecule has 0 saturated heterocycles. The van der Waals surface area contributed by atoms with Crippen molar-refractivity contribution in [3.8, 4) is 0 Å². The minimum Gasteiger partial charge on any atom is -0.313 e. The van der Waals surface area contributed by atoms with Gasteiger partial charge in [-0.1, -0.05) is 30.3 Å². The first-order valence-corrected chi connectivity index (χ1v) is 5.46. The first-order valence-electron chi connectivity index (χ1n) is 5.46. The normalized spacial score (nSPS) is 11.8. The van der Waals surface area contributed by atoms with Gasteiger partial charge in [0.25, 0.3) is 0 Å². The molecule has 0 heterocycles. The van der Waals surface area contributed by atoms with Crippen molar-refractivity contribution in [2.45, 2.75) is 32.7 Å². The zero-order valence-electron chi connectivity index (χ0n) is 10.1. The molecule has 1 aromatic carbocycles. The van der Waals surface area contributed by atoms with Gasteiger partial charge in [0, 0.05) is 24.1 Å². The first kappa shape index (κ1) is 12.9. The van der Waals surface area contributed by atoms with Crippen LogP contribution in [0, 0.1) is 0 Å². The smallest absolute Gasteiger partial charge is 0.164 e. The lowest BCUT2D eigenvalue weighted by atomic mass is 10.1. The molecule has 0 aliphatic rings. The third kappa shape index (κ3) is 3.76. The highest BCUT2D eigenvalue weighted by Crippen LogP contribution is 2.11. The van der Waals surface area contributed by atoms with E-state index < -0.39 is 0 Å². The molecule has 0 aliphatic carbocycles. The van der Waals surface area contributed by atoms with E-state index in [-0.39, 0.29) is 11.3 Å². The van der Waals surface area contributed by atoms with Crippen LogP contribution in [0.5, 0.6) is 0 Å². The maximum atomic E-state index is 11.7. The van der Waals surface area contributed by atoms with Gasteiger partial charge in [0.2, 0.25) is 0 Å². The van der Waals surface area contributed by atoms with Crippen LogP contribution in [-0.4, -0.2) is 28.1 Å². The van der Waals surface area contributed by atoms with Crippen LogP contribution in [0.15, 0.2) is 30.3 Å². The van der Waals surface area contributed by atoms with E-state index in [1.807, 2.05) is 39.0 Å². The average molecular weight is 221 g/mol. The van der Waals surface area contributed by atoms with E-state index in [0.29, 0.717) is 18.5 Å². The molecule has 0 amide bonds. The van der Waals surface area contributed by atoms with Crippen molar-refractivity contribution in [1.29, 1.82) is 0 Å². The lowest BCUT2D eigenvalue weighted by Gasteiger charge is -2.29. The molecule has 3 heteroatoms. The van der Waals surface area contributed by atoms with E-state index >= 15 is 0 Å². The van der Waals surface area contributed by atoms with Crippen LogP contribution < -0.4 is 0 Å². The van der Waals surface area contributed by atoms with E-state index in [0.717, 1.165) is 0 Å². The summed E-state index contributed by atoms with van der Waals surface area (Å²) in [5.74, 6) is 0.0592. The molecule has 0 bridgehead atoms. The lowest BCUT2D eigenvalue weighted by molar-refractivity contribution is -0.154. The molecule has 88 valence electrons. The predicted octanol–water partition coefficient (Wildman–Crippen LogP) is 2.75. The van der Waals surface area contributed by atoms with Crippen molar-refractivity contribution in [2.75, 3.05) is 6.54 Å². The van der Waals surface area contributed by atoms with Crippen LogP contribution in [0.1, 0.15) is 37.6 Å². The number of carbonyl (C=O) groups excluding carboxylic acids is 1. The molecule has 0 fully saturated rings. The molecule has 3 nitrogen and oxygen atoms in total. The van der Waals surface area contributed by atoms with Crippen molar-refractivity contribution in [2.24, 2.45) is 0 Å². The second-order valence-electron chi connectivity index (χ2n) is 4.83. The Labute approximate surface area is 96.7 Å². The second-order valence-corrected chi connectivity index (χ2v) is 4.83. The highest BCUT2D eigenvalue weighted by atomic mass is 16.5. The SMILES string of the molecule is CC(C)(C)N(O)CCC(=O)c1ccccc1. The van der Waals surface area contributed by atoms with Gasteiger partial charge in [-0.2, -0.15) is 5.06 Å². The number of nitrogens with zero attached hydrogens (tertiary/aromatic N) is 1. The molecule has 0 spiro atoms. The number of hydroxylamine groups is 2. The third-order valence-corrected chi connectivity index (χ3v) is 2.42. The summed E-state index contributed by atoms with van der Waals surface area (Å²) >= 11 is 0. The lowest BCUT2D eigenvalue weighted by Crippen LogP contribution is -2.39. The Hall–Kier alpha value is -1.19. The minimum atomic E-state index is -0.322. The van der Waals surface area contributed by atoms with Crippen LogP contribution in [0.4, 0.5) is 0 Å². The maximum Gasteiger partial charge on any atom is 0.164 e. The van der Waals surface area contributed by atoms with Gasteiger partial charge in [0.1, 0.15) is 0 Å². The van der Waals surface area contributed by atoms with Crippen molar-refractivity contribution in [1.82, 2.24) is 5.06 Å². The molecule has 0 atom stereocenters. The number of hydrogen-bond acceptors (Lipinski definition) is 3. The Bertz CT molecular complexity index is 341. The summed E-state index contributed by atoms with van der Waals surface area (Å²) < 4.78 is 0. The van der Waals surface area contributed by atoms with Gasteiger partial charge in [-0.3, -0.25) is 4.79 Å². The van der Waals surface area contributed by atoms with Gasteiger partial charge in [0.05, 0.1) is 0 Å². The molecule has 1 aromatic rings. The van der Waals surface area contributed by atoms with Gasteiger partial charge in [-0.15, -0.1) is 0 Å². The first-order chi connectivity index (χ1) is 7.41. The minimum absolute atomic E-state index is 0.0592. The Morgan fingerprint density at radius 2 is 1.81 bits per heavy atom. The molecule has 0 radical (unpaired) electrons. The highest BCUT2D eigenvalue weighted by molar-refractivity contribution is 5.96. The van der Waals surface area contributed by atoms with Crippen LogP contribution >= 0.6 is 0 Å². The number of Topliss-reactive ketones (excluding diaryl/α,β-unsaturated/α-hetero) is 1. The molecule has 1 N–H and O–H groups in total. The van der Waals surface area contributed by atoms with E-state index in [4.69, 9.17) is 0 Å². The second kappa shape index (κ2) is 5.23. The van der Waals surface area contributed by atoms with E-state index in [2.05, 4.69) is 0 Å². The van der Waals surface area contributed by atoms with Crippen molar-refractivity contribution in [3.05, 3.63) is 35.9 Å². The monoisotopic (exact) mass is 221 g/mol. The average Bonchev–Trinajstić information content (AvgIpc) is 2.25. The van der Waals surface area contributed by atoms with Gasteiger partial charge in [-0.25, -0.2) is 0 Å². The molecule has 0 aromatic heterocycles. The number of rotatable bonds is 4. The fraction of sp³-hybridized carbons (Fsp3) is 0.462. The summed E-state index contributed by atoms with van der Waals surface area (Å²) in [6.45, 7) is 6.07. The Morgan fingerprint density at radius 1 is 1.25 bits per heavy atom. The highest BCUT2D eigenvalue weighted by Gasteiger charge is 2.19. The van der Waals surface area contributed by atoms with Crippen molar-refractivity contribution in [3.63, 3.8) is 0 Å². The maximum absolute atomic E-state index is 11.7. The molecule has 0 unspecified atom stereocenters. The Kier molecular flexibility index (Phi) is 4.21. The fourth-order valence-electron chi connectivity index (χ4n) is 1.31. The quantitative estimate of drug-likeness (QED) is 0.627. The summed E-state index contributed by atoms with van der Waals surface area (Å²) in [7, 11) is 0. The van der Waals surface area contributed by atoms with Crippen LogP contribution in [-0.2, 0) is 0 Å². The zero-order valence-corrected chi connectivity index (χ0v) is 10.1. The third-order valence-electron chi connectivity index (χ3n) is 2.42. The molecule has 1 rings (SSSR count). The van der Waals surface area contributed by atoms with E-state index in [1.54, 1.807) is 12.1 Å². The standard InChI is InChI=1S/C13H19NO2/c1-13(2,3)14(16)10-9-12(15)11-7-5-4-6-8-11/h4-8,16H,9-10H2,1-3H3. The van der Waals surface area contributed by atoms with Gasteiger partial charge in [0.15, 0.2) is 5.78 Å². The Morgan fingerprint density at radius 3 is 2.31 bits per heavy atom. The summed E-state index contributed by atoms with van der Waals surface area (Å²) in [5.41, 5.74) is 0.376. The molecular weight excluding hydrogens is 202 g/mol. The number of ketones is 1. The number of carbonyl (C=O) groups is 1. The van der Waals surface area contributed by atoms with Crippen LogP contribution in [0.25, 0.3) is 0 Å². The van der Waals surface area contributed by atoms with Gasteiger partial charge < -0.3 is 5.21 Å². The molecular formula is C13H19NO2. The molecule has 0 aliphatic heterocycles. The number of hydrogen-bond donors (Lipinski definition) is 1. The zero-order chi connectivity index (χ0) is 12.2. The topological polar surface area (TPSA) is 40.5 Å². The number of benzene rings is 1. The van der Waals surface area contributed by atoms with E-state index in [1.165, 1.54) is 5.06 Å². The van der Waals surface area contributed by atoms with Gasteiger partial charge >= 0.3 is 0 Å². The van der Waals surface area contributed by atoms with Crippen LogP contribution in [0.3, 0.4) is 0 Å². The summed E-state index contributed by atoms with van der Waals surface area (Å²) in [5, 5.41) is 10.9. The summed E-state index contributed by atoms with van der Waals surface area (Å²) in [4.78, 5) is 11.7. The molecule has 16 heavy (non-hydrogen) atoms. The van der Waals surface area contributed by atoms with Gasteiger partial charge in [-0.05, 0) is 20.8 Å². The summed E-state index contributed by atoms with van der Waals surface area (Å²) in [6.07, 6.45) is 0.331. The largest absolute Gasteiger partial charge is 0.313 e. The summed E-state index contributed by atoms with van der Waals surface area (Å²) in [6, 6.07) is 9.15.